The van der Waals surface area contributed by atoms with Crippen LogP contribution < -0.4 is 15.5 Å². The normalized spacial score (nSPS) is 17.4. The van der Waals surface area contributed by atoms with Crippen molar-refractivity contribution < 1.29 is 13.2 Å². The predicted octanol–water partition coefficient (Wildman–Crippen LogP) is 3.77. The Kier molecular flexibility index (Phi) is 8.35. The number of guanidine groups is 1. The molecule has 1 aliphatic rings. The molecule has 1 saturated heterocycles. The van der Waals surface area contributed by atoms with Gasteiger partial charge in [-0.15, -0.1) is 35.3 Å². The van der Waals surface area contributed by atoms with Crippen LogP contribution in [0.1, 0.15) is 17.1 Å². The van der Waals surface area contributed by atoms with Crippen LogP contribution in [-0.4, -0.2) is 43.7 Å². The van der Waals surface area contributed by atoms with Crippen molar-refractivity contribution in [3.05, 3.63) is 46.4 Å². The van der Waals surface area contributed by atoms with Gasteiger partial charge in [0, 0.05) is 50.2 Å². The quantitative estimate of drug-likeness (QED) is 0.355. The van der Waals surface area contributed by atoms with E-state index in [0.717, 1.165) is 36.2 Å². The van der Waals surface area contributed by atoms with Gasteiger partial charge in [0.25, 0.3) is 0 Å². The lowest BCUT2D eigenvalue weighted by Gasteiger charge is -2.20. The standard InChI is InChI=1S/C18H22F3N5S.HI/c1-22-17(23-9-7-16-25-15(12-27-16)18(19,20)21)24-13-8-10-26(11-13)14-5-3-2-4-6-14;/h2-6,12-13H,7-11H2,1H3,(H2,22,23,24);1H. The highest BCUT2D eigenvalue weighted by Gasteiger charge is 2.33. The second-order valence-electron chi connectivity index (χ2n) is 6.28. The Balaban J connectivity index is 0.00000280. The van der Waals surface area contributed by atoms with Crippen molar-refractivity contribution >= 4 is 47.0 Å². The summed E-state index contributed by atoms with van der Waals surface area (Å²) in [6, 6.07) is 10.5. The average Bonchev–Trinajstić information content (AvgIpc) is 3.31. The van der Waals surface area contributed by atoms with E-state index in [4.69, 9.17) is 0 Å². The van der Waals surface area contributed by atoms with Crippen LogP contribution in [-0.2, 0) is 12.6 Å². The van der Waals surface area contributed by atoms with Gasteiger partial charge in [0.05, 0.1) is 5.01 Å². The lowest BCUT2D eigenvalue weighted by Crippen LogP contribution is -2.45. The summed E-state index contributed by atoms with van der Waals surface area (Å²) in [6.45, 7) is 2.32. The minimum Gasteiger partial charge on any atom is -0.369 e. The zero-order valence-corrected chi connectivity index (χ0v) is 18.5. The topological polar surface area (TPSA) is 52.6 Å². The van der Waals surface area contributed by atoms with Gasteiger partial charge in [0.2, 0.25) is 0 Å². The Morgan fingerprint density at radius 2 is 2.07 bits per heavy atom. The van der Waals surface area contributed by atoms with Gasteiger partial charge in [-0.1, -0.05) is 18.2 Å². The van der Waals surface area contributed by atoms with Crippen LogP contribution in [0.3, 0.4) is 0 Å². The summed E-state index contributed by atoms with van der Waals surface area (Å²) < 4.78 is 37.7. The highest BCUT2D eigenvalue weighted by Crippen LogP contribution is 2.30. The van der Waals surface area contributed by atoms with Crippen LogP contribution in [0.4, 0.5) is 18.9 Å². The maximum absolute atomic E-state index is 12.6. The molecule has 1 unspecified atom stereocenters. The van der Waals surface area contributed by atoms with E-state index in [1.807, 2.05) is 18.2 Å². The summed E-state index contributed by atoms with van der Waals surface area (Å²) in [4.78, 5) is 10.2. The summed E-state index contributed by atoms with van der Waals surface area (Å²) in [5.74, 6) is 0.655. The van der Waals surface area contributed by atoms with Gasteiger partial charge in [0.1, 0.15) is 0 Å². The monoisotopic (exact) mass is 525 g/mol. The molecule has 0 bridgehead atoms. The smallest absolute Gasteiger partial charge is 0.369 e. The van der Waals surface area contributed by atoms with Crippen molar-refractivity contribution in [3.8, 4) is 0 Å². The number of nitrogens with one attached hydrogen (secondary N) is 2. The van der Waals surface area contributed by atoms with Crippen LogP contribution in [0.15, 0.2) is 40.7 Å². The van der Waals surface area contributed by atoms with E-state index in [9.17, 15) is 13.2 Å². The van der Waals surface area contributed by atoms with Gasteiger partial charge in [-0.2, -0.15) is 13.2 Å². The van der Waals surface area contributed by atoms with Crippen molar-refractivity contribution in [2.45, 2.75) is 25.1 Å². The van der Waals surface area contributed by atoms with Crippen LogP contribution in [0, 0.1) is 0 Å². The van der Waals surface area contributed by atoms with E-state index in [0.29, 0.717) is 23.9 Å². The first kappa shape index (κ1) is 22.7. The molecule has 154 valence electrons. The molecular weight excluding hydrogens is 502 g/mol. The number of hydrogen-bond acceptors (Lipinski definition) is 4. The Bertz CT molecular complexity index is 766. The molecule has 1 aliphatic heterocycles. The van der Waals surface area contributed by atoms with Crippen molar-refractivity contribution in [1.29, 1.82) is 0 Å². The summed E-state index contributed by atoms with van der Waals surface area (Å²) in [6.07, 6.45) is -2.97. The molecule has 2 heterocycles. The molecule has 1 atom stereocenters. The molecule has 0 amide bonds. The van der Waals surface area contributed by atoms with E-state index in [1.165, 1.54) is 5.69 Å². The molecular formula is C18H23F3IN5S. The van der Waals surface area contributed by atoms with Gasteiger partial charge in [-0.05, 0) is 18.6 Å². The zero-order chi connectivity index (χ0) is 19.3. The Labute approximate surface area is 183 Å². The van der Waals surface area contributed by atoms with Crippen LogP contribution in [0.5, 0.6) is 0 Å². The van der Waals surface area contributed by atoms with E-state index in [2.05, 4.69) is 37.6 Å². The third-order valence-electron chi connectivity index (χ3n) is 4.35. The highest BCUT2D eigenvalue weighted by atomic mass is 127. The molecule has 1 aromatic heterocycles. The van der Waals surface area contributed by atoms with Crippen molar-refractivity contribution in [2.24, 2.45) is 4.99 Å². The number of thiazole rings is 1. The number of rotatable bonds is 5. The first-order chi connectivity index (χ1) is 13.0. The number of halogens is 4. The number of anilines is 1. The molecule has 1 aromatic carbocycles. The van der Waals surface area contributed by atoms with Crippen LogP contribution in [0.25, 0.3) is 0 Å². The van der Waals surface area contributed by atoms with E-state index in [-0.39, 0.29) is 30.0 Å². The summed E-state index contributed by atoms with van der Waals surface area (Å²) in [5, 5.41) is 8.05. The molecule has 10 heteroatoms. The molecule has 0 radical (unpaired) electrons. The molecule has 0 spiro atoms. The molecule has 1 fully saturated rings. The van der Waals surface area contributed by atoms with E-state index >= 15 is 0 Å². The largest absolute Gasteiger partial charge is 0.434 e. The van der Waals surface area contributed by atoms with Crippen molar-refractivity contribution in [1.82, 2.24) is 15.6 Å². The minimum atomic E-state index is -4.38. The molecule has 3 rings (SSSR count). The Morgan fingerprint density at radius 3 is 2.71 bits per heavy atom. The third kappa shape index (κ3) is 6.23. The predicted molar refractivity (Wildman–Crippen MR) is 118 cm³/mol. The first-order valence-electron chi connectivity index (χ1n) is 8.74. The van der Waals surface area contributed by atoms with Gasteiger partial charge in [-0.25, -0.2) is 4.98 Å². The number of benzene rings is 1. The maximum Gasteiger partial charge on any atom is 0.434 e. The fraction of sp³-hybridized carbons (Fsp3) is 0.444. The number of alkyl halides is 3. The van der Waals surface area contributed by atoms with Crippen LogP contribution in [0.2, 0.25) is 0 Å². The van der Waals surface area contributed by atoms with E-state index in [1.54, 1.807) is 7.05 Å². The van der Waals surface area contributed by atoms with Crippen LogP contribution >= 0.6 is 35.3 Å². The summed E-state index contributed by atoms with van der Waals surface area (Å²) in [5.41, 5.74) is 0.381. The van der Waals surface area contributed by atoms with Gasteiger partial charge < -0.3 is 15.5 Å². The van der Waals surface area contributed by atoms with Gasteiger partial charge >= 0.3 is 6.18 Å². The third-order valence-corrected chi connectivity index (χ3v) is 5.26. The second kappa shape index (κ2) is 10.3. The fourth-order valence-electron chi connectivity index (χ4n) is 2.98. The SMILES string of the molecule is CN=C(NCCc1nc(C(F)(F)F)cs1)NC1CCN(c2ccccc2)C1.I. The van der Waals surface area contributed by atoms with Crippen molar-refractivity contribution in [2.75, 3.05) is 31.6 Å². The minimum absolute atomic E-state index is 0. The Hall–Kier alpha value is -1.56. The molecule has 28 heavy (non-hydrogen) atoms. The molecule has 2 N–H and O–H groups in total. The number of hydrogen-bond donors (Lipinski definition) is 2. The first-order valence-corrected chi connectivity index (χ1v) is 9.62. The Morgan fingerprint density at radius 1 is 1.32 bits per heavy atom. The molecule has 2 aromatic rings. The lowest BCUT2D eigenvalue weighted by atomic mass is 10.3. The van der Waals surface area contributed by atoms with E-state index < -0.39 is 11.9 Å². The molecule has 5 nitrogen and oxygen atoms in total. The summed E-state index contributed by atoms with van der Waals surface area (Å²) >= 11 is 1.03. The lowest BCUT2D eigenvalue weighted by molar-refractivity contribution is -0.140. The van der Waals surface area contributed by atoms with Gasteiger partial charge in [0.15, 0.2) is 11.7 Å². The maximum atomic E-state index is 12.6. The average molecular weight is 525 g/mol. The highest BCUT2D eigenvalue weighted by molar-refractivity contribution is 14.0. The number of aliphatic imine (C=N–C) groups is 1. The summed E-state index contributed by atoms with van der Waals surface area (Å²) in [7, 11) is 1.68. The number of nitrogens with zero attached hydrogens (tertiary/aromatic N) is 3. The molecule has 0 saturated carbocycles. The number of aromatic nitrogens is 1. The van der Waals surface area contributed by atoms with Crippen molar-refractivity contribution in [3.63, 3.8) is 0 Å². The molecule has 0 aliphatic carbocycles. The fourth-order valence-corrected chi connectivity index (χ4v) is 3.79. The number of para-hydroxylation sites is 1. The second-order valence-corrected chi connectivity index (χ2v) is 7.23. The van der Waals surface area contributed by atoms with Gasteiger partial charge in [-0.3, -0.25) is 4.99 Å². The zero-order valence-electron chi connectivity index (χ0n) is 15.4.